The SMILES string of the molecule is CCNC(=O)COc1ccc(CNC(=NC)NCc2cccc(C)c2)cc1OC. The van der Waals surface area contributed by atoms with E-state index in [9.17, 15) is 4.79 Å². The number of aryl methyl sites for hydroxylation is 1. The number of hydrogen-bond acceptors (Lipinski definition) is 4. The molecule has 0 radical (unpaired) electrons. The van der Waals surface area contributed by atoms with Gasteiger partial charge in [-0.3, -0.25) is 9.79 Å². The molecule has 29 heavy (non-hydrogen) atoms. The molecule has 0 aromatic heterocycles. The molecule has 0 aliphatic rings. The Kier molecular flexibility index (Phi) is 8.82. The lowest BCUT2D eigenvalue weighted by atomic mass is 10.1. The highest BCUT2D eigenvalue weighted by atomic mass is 16.5. The van der Waals surface area contributed by atoms with Crippen molar-refractivity contribution >= 4 is 11.9 Å². The van der Waals surface area contributed by atoms with Gasteiger partial charge in [0.2, 0.25) is 0 Å². The first-order valence-corrected chi connectivity index (χ1v) is 9.62. The second-order valence-electron chi connectivity index (χ2n) is 6.50. The van der Waals surface area contributed by atoms with Gasteiger partial charge in [-0.1, -0.05) is 35.9 Å². The van der Waals surface area contributed by atoms with Crippen LogP contribution in [0.25, 0.3) is 0 Å². The Hall–Kier alpha value is -3.22. The first-order chi connectivity index (χ1) is 14.0. The third-order valence-electron chi connectivity index (χ3n) is 4.19. The summed E-state index contributed by atoms with van der Waals surface area (Å²) < 4.78 is 10.9. The number of nitrogens with zero attached hydrogens (tertiary/aromatic N) is 1. The van der Waals surface area contributed by atoms with Crippen molar-refractivity contribution in [1.29, 1.82) is 0 Å². The van der Waals surface area contributed by atoms with Gasteiger partial charge in [0.1, 0.15) is 0 Å². The Morgan fingerprint density at radius 3 is 2.34 bits per heavy atom. The molecule has 0 aliphatic carbocycles. The van der Waals surface area contributed by atoms with Crippen LogP contribution in [0.2, 0.25) is 0 Å². The average Bonchev–Trinajstić information content (AvgIpc) is 2.73. The number of hydrogen-bond donors (Lipinski definition) is 3. The number of ether oxygens (including phenoxy) is 2. The van der Waals surface area contributed by atoms with E-state index in [1.807, 2.05) is 25.1 Å². The standard InChI is InChI=1S/C22H30N4O3/c1-5-24-21(27)15-29-19-10-9-18(12-20(19)28-4)14-26-22(23-3)25-13-17-8-6-7-16(2)11-17/h6-12H,5,13-15H2,1-4H3,(H,24,27)(H2,23,25,26). The zero-order valence-corrected chi connectivity index (χ0v) is 17.5. The lowest BCUT2D eigenvalue weighted by Crippen LogP contribution is -2.36. The number of carbonyl (C=O) groups is 1. The van der Waals surface area contributed by atoms with Gasteiger partial charge in [0.15, 0.2) is 24.1 Å². The molecule has 2 aromatic carbocycles. The van der Waals surface area contributed by atoms with Crippen molar-refractivity contribution in [1.82, 2.24) is 16.0 Å². The summed E-state index contributed by atoms with van der Waals surface area (Å²) in [6, 6.07) is 14.0. The summed E-state index contributed by atoms with van der Waals surface area (Å²) in [6.07, 6.45) is 0. The van der Waals surface area contributed by atoms with Crippen LogP contribution in [0.15, 0.2) is 47.5 Å². The summed E-state index contributed by atoms with van der Waals surface area (Å²) >= 11 is 0. The molecule has 0 saturated carbocycles. The topological polar surface area (TPSA) is 84.0 Å². The van der Waals surface area contributed by atoms with Crippen LogP contribution in [0.4, 0.5) is 0 Å². The van der Waals surface area contributed by atoms with E-state index in [1.165, 1.54) is 11.1 Å². The third-order valence-corrected chi connectivity index (χ3v) is 4.19. The lowest BCUT2D eigenvalue weighted by molar-refractivity contribution is -0.123. The molecule has 1 amide bonds. The van der Waals surface area contributed by atoms with Crippen LogP contribution in [0, 0.1) is 6.92 Å². The first-order valence-electron chi connectivity index (χ1n) is 9.62. The highest BCUT2D eigenvalue weighted by Crippen LogP contribution is 2.28. The normalized spacial score (nSPS) is 11.0. The molecule has 3 N–H and O–H groups in total. The Morgan fingerprint density at radius 2 is 1.72 bits per heavy atom. The molecule has 7 nitrogen and oxygen atoms in total. The van der Waals surface area contributed by atoms with Crippen LogP contribution in [0.1, 0.15) is 23.6 Å². The third kappa shape index (κ3) is 7.37. The number of likely N-dealkylation sites (N-methyl/N-ethyl adjacent to an activating group) is 1. The summed E-state index contributed by atoms with van der Waals surface area (Å²) in [6.45, 7) is 5.73. The fourth-order valence-corrected chi connectivity index (χ4v) is 2.75. The number of benzene rings is 2. The molecule has 7 heteroatoms. The summed E-state index contributed by atoms with van der Waals surface area (Å²) in [5, 5.41) is 9.29. The van der Waals surface area contributed by atoms with Crippen molar-refractivity contribution in [3.8, 4) is 11.5 Å². The fraction of sp³-hybridized carbons (Fsp3) is 0.364. The molecule has 0 aliphatic heterocycles. The zero-order chi connectivity index (χ0) is 21.1. The van der Waals surface area contributed by atoms with Gasteiger partial charge in [-0.25, -0.2) is 0 Å². The highest BCUT2D eigenvalue weighted by molar-refractivity contribution is 5.79. The van der Waals surface area contributed by atoms with E-state index in [-0.39, 0.29) is 12.5 Å². The van der Waals surface area contributed by atoms with E-state index in [0.29, 0.717) is 37.1 Å². The van der Waals surface area contributed by atoms with E-state index in [0.717, 1.165) is 5.56 Å². The molecule has 156 valence electrons. The van der Waals surface area contributed by atoms with Crippen LogP contribution in [-0.2, 0) is 17.9 Å². The number of aliphatic imine (C=N–C) groups is 1. The van der Waals surface area contributed by atoms with E-state index < -0.39 is 0 Å². The van der Waals surface area contributed by atoms with Crippen molar-refractivity contribution in [2.75, 3.05) is 27.3 Å². The Morgan fingerprint density at radius 1 is 1.00 bits per heavy atom. The maximum atomic E-state index is 11.6. The number of rotatable bonds is 9. The van der Waals surface area contributed by atoms with Crippen molar-refractivity contribution < 1.29 is 14.3 Å². The smallest absolute Gasteiger partial charge is 0.257 e. The molecule has 0 bridgehead atoms. The van der Waals surface area contributed by atoms with Gasteiger partial charge in [0.25, 0.3) is 5.91 Å². The predicted molar refractivity (Wildman–Crippen MR) is 115 cm³/mol. The Bertz CT molecular complexity index is 837. The first kappa shape index (κ1) is 22.1. The Balaban J connectivity index is 1.90. The molecule has 0 unspecified atom stereocenters. The van der Waals surface area contributed by atoms with Gasteiger partial charge in [0, 0.05) is 26.7 Å². The number of nitrogens with one attached hydrogen (secondary N) is 3. The van der Waals surface area contributed by atoms with E-state index in [4.69, 9.17) is 9.47 Å². The Labute approximate surface area is 172 Å². The largest absolute Gasteiger partial charge is 0.493 e. The number of amides is 1. The summed E-state index contributed by atoms with van der Waals surface area (Å²) in [4.78, 5) is 15.8. The fourth-order valence-electron chi connectivity index (χ4n) is 2.75. The van der Waals surface area contributed by atoms with Gasteiger partial charge in [-0.2, -0.15) is 0 Å². The quantitative estimate of drug-likeness (QED) is 0.446. The van der Waals surface area contributed by atoms with Crippen LogP contribution in [-0.4, -0.2) is 39.2 Å². The van der Waals surface area contributed by atoms with Crippen molar-refractivity contribution in [3.63, 3.8) is 0 Å². The molecule has 0 atom stereocenters. The highest BCUT2D eigenvalue weighted by Gasteiger charge is 2.09. The molecule has 2 aromatic rings. The van der Waals surface area contributed by atoms with Crippen LogP contribution in [0.3, 0.4) is 0 Å². The van der Waals surface area contributed by atoms with Crippen molar-refractivity contribution in [2.24, 2.45) is 4.99 Å². The molecule has 0 spiro atoms. The summed E-state index contributed by atoms with van der Waals surface area (Å²) in [5.74, 6) is 1.66. The maximum absolute atomic E-state index is 11.6. The summed E-state index contributed by atoms with van der Waals surface area (Å²) in [5.41, 5.74) is 3.43. The van der Waals surface area contributed by atoms with Crippen LogP contribution in [0.5, 0.6) is 11.5 Å². The van der Waals surface area contributed by atoms with Crippen molar-refractivity contribution in [2.45, 2.75) is 26.9 Å². The van der Waals surface area contributed by atoms with Crippen LogP contribution < -0.4 is 25.4 Å². The van der Waals surface area contributed by atoms with Gasteiger partial charge in [-0.05, 0) is 37.1 Å². The van der Waals surface area contributed by atoms with Crippen molar-refractivity contribution in [3.05, 3.63) is 59.2 Å². The molecule has 0 fully saturated rings. The average molecular weight is 399 g/mol. The molecule has 2 rings (SSSR count). The molecule has 0 saturated heterocycles. The minimum atomic E-state index is -0.163. The zero-order valence-electron chi connectivity index (χ0n) is 17.5. The van der Waals surface area contributed by atoms with E-state index in [1.54, 1.807) is 20.2 Å². The predicted octanol–water partition coefficient (Wildman–Crippen LogP) is 2.38. The number of methoxy groups -OCH3 is 1. The summed E-state index contributed by atoms with van der Waals surface area (Å²) in [7, 11) is 3.32. The van der Waals surface area contributed by atoms with Gasteiger partial charge in [0.05, 0.1) is 7.11 Å². The van der Waals surface area contributed by atoms with Gasteiger partial charge < -0.3 is 25.4 Å². The van der Waals surface area contributed by atoms with E-state index in [2.05, 4.69) is 46.1 Å². The van der Waals surface area contributed by atoms with Gasteiger partial charge in [-0.15, -0.1) is 0 Å². The second-order valence-corrected chi connectivity index (χ2v) is 6.50. The monoisotopic (exact) mass is 398 g/mol. The number of carbonyl (C=O) groups excluding carboxylic acids is 1. The number of guanidine groups is 1. The molecular weight excluding hydrogens is 368 g/mol. The minimum Gasteiger partial charge on any atom is -0.493 e. The van der Waals surface area contributed by atoms with E-state index >= 15 is 0 Å². The molecule has 0 heterocycles. The molecular formula is C22H30N4O3. The van der Waals surface area contributed by atoms with Gasteiger partial charge >= 0.3 is 0 Å². The maximum Gasteiger partial charge on any atom is 0.257 e. The lowest BCUT2D eigenvalue weighted by Gasteiger charge is -2.14. The van der Waals surface area contributed by atoms with Crippen LogP contribution >= 0.6 is 0 Å². The second kappa shape index (κ2) is 11.6. The minimum absolute atomic E-state index is 0.0443.